The van der Waals surface area contributed by atoms with Gasteiger partial charge in [-0.2, -0.15) is 0 Å². The highest BCUT2D eigenvalue weighted by Crippen LogP contribution is 2.17. The minimum absolute atomic E-state index is 0.791. The average Bonchev–Trinajstić information content (AvgIpc) is 2.04. The van der Waals surface area contributed by atoms with Crippen LogP contribution in [-0.4, -0.2) is 26.3 Å². The Balaban J connectivity index is 1.72. The molecule has 0 aromatic carbocycles. The summed E-state index contributed by atoms with van der Waals surface area (Å²) in [5, 5.41) is 3.27. The van der Waals surface area contributed by atoms with Crippen LogP contribution in [0.15, 0.2) is 12.2 Å². The molecule has 0 unspecified atom stereocenters. The molecule has 12 heavy (non-hydrogen) atoms. The van der Waals surface area contributed by atoms with Crippen LogP contribution in [0.25, 0.3) is 0 Å². The van der Waals surface area contributed by atoms with Gasteiger partial charge in [0, 0.05) is 32.2 Å². The van der Waals surface area contributed by atoms with Gasteiger partial charge in [0.15, 0.2) is 0 Å². The molecule has 0 radical (unpaired) electrons. The van der Waals surface area contributed by atoms with Gasteiger partial charge >= 0.3 is 0 Å². The average molecular weight is 167 g/mol. The van der Waals surface area contributed by atoms with Crippen molar-refractivity contribution in [3.8, 4) is 0 Å². The standard InChI is InChI=1S/C10H17NO/c1(2-10-7-11-8-10)9-3-5-12-6-4-9/h1-2,9-11H,3-8H2/b2-1+. The molecule has 2 rings (SSSR count). The SMILES string of the molecule is C(=C\C1CNC1)/C1CCOCC1. The summed E-state index contributed by atoms with van der Waals surface area (Å²) in [5.41, 5.74) is 0. The van der Waals surface area contributed by atoms with Crippen molar-refractivity contribution >= 4 is 0 Å². The Morgan fingerprint density at radius 1 is 1.00 bits per heavy atom. The van der Waals surface area contributed by atoms with Crippen molar-refractivity contribution in [1.29, 1.82) is 0 Å². The zero-order valence-electron chi connectivity index (χ0n) is 7.46. The molecular formula is C10H17NO. The number of hydrogen-bond donors (Lipinski definition) is 1. The van der Waals surface area contributed by atoms with Gasteiger partial charge in [-0.1, -0.05) is 12.2 Å². The second-order valence-electron chi connectivity index (χ2n) is 3.75. The van der Waals surface area contributed by atoms with Gasteiger partial charge < -0.3 is 10.1 Å². The first-order chi connectivity index (χ1) is 5.95. The van der Waals surface area contributed by atoms with Gasteiger partial charge in [-0.25, -0.2) is 0 Å². The second-order valence-corrected chi connectivity index (χ2v) is 3.75. The van der Waals surface area contributed by atoms with Crippen LogP contribution in [-0.2, 0) is 4.74 Å². The third kappa shape index (κ3) is 2.08. The van der Waals surface area contributed by atoms with Crippen LogP contribution in [0.3, 0.4) is 0 Å². The van der Waals surface area contributed by atoms with E-state index in [1.807, 2.05) is 0 Å². The molecule has 2 fully saturated rings. The zero-order chi connectivity index (χ0) is 8.23. The van der Waals surface area contributed by atoms with E-state index in [0.717, 1.165) is 25.0 Å². The van der Waals surface area contributed by atoms with Crippen LogP contribution < -0.4 is 5.32 Å². The van der Waals surface area contributed by atoms with Crippen molar-refractivity contribution in [2.75, 3.05) is 26.3 Å². The van der Waals surface area contributed by atoms with Gasteiger partial charge in [-0.3, -0.25) is 0 Å². The molecule has 0 aromatic heterocycles. The fourth-order valence-corrected chi connectivity index (χ4v) is 1.67. The number of allylic oxidation sites excluding steroid dienone is 1. The second kappa shape index (κ2) is 4.06. The van der Waals surface area contributed by atoms with E-state index in [1.165, 1.54) is 25.9 Å². The van der Waals surface area contributed by atoms with Crippen LogP contribution in [0.4, 0.5) is 0 Å². The quantitative estimate of drug-likeness (QED) is 0.624. The Bertz CT molecular complexity index is 157. The van der Waals surface area contributed by atoms with Crippen molar-refractivity contribution in [2.24, 2.45) is 11.8 Å². The summed E-state index contributed by atoms with van der Waals surface area (Å²) in [6.07, 6.45) is 7.22. The molecular weight excluding hydrogens is 150 g/mol. The predicted molar refractivity (Wildman–Crippen MR) is 49.0 cm³/mol. The Morgan fingerprint density at radius 3 is 2.25 bits per heavy atom. The van der Waals surface area contributed by atoms with Crippen LogP contribution in [0, 0.1) is 11.8 Å². The molecule has 68 valence electrons. The maximum absolute atomic E-state index is 5.30. The minimum Gasteiger partial charge on any atom is -0.381 e. The Kier molecular flexibility index (Phi) is 2.79. The van der Waals surface area contributed by atoms with Gasteiger partial charge in [0.2, 0.25) is 0 Å². The van der Waals surface area contributed by atoms with E-state index in [0.29, 0.717) is 0 Å². The molecule has 0 spiro atoms. The summed E-state index contributed by atoms with van der Waals surface area (Å²) in [4.78, 5) is 0. The van der Waals surface area contributed by atoms with Crippen LogP contribution in [0.2, 0.25) is 0 Å². The first kappa shape index (κ1) is 8.27. The summed E-state index contributed by atoms with van der Waals surface area (Å²) < 4.78 is 5.30. The van der Waals surface area contributed by atoms with Crippen molar-refractivity contribution in [3.05, 3.63) is 12.2 Å². The van der Waals surface area contributed by atoms with Gasteiger partial charge in [0.05, 0.1) is 0 Å². The Labute approximate surface area is 74.0 Å². The first-order valence-electron chi connectivity index (χ1n) is 4.92. The minimum atomic E-state index is 0.791. The van der Waals surface area contributed by atoms with Gasteiger partial charge in [-0.15, -0.1) is 0 Å². The first-order valence-corrected chi connectivity index (χ1v) is 4.92. The monoisotopic (exact) mass is 167 g/mol. The summed E-state index contributed by atoms with van der Waals surface area (Å²) in [6, 6.07) is 0. The summed E-state index contributed by atoms with van der Waals surface area (Å²) in [7, 11) is 0. The lowest BCUT2D eigenvalue weighted by Gasteiger charge is -2.25. The van der Waals surface area contributed by atoms with Gasteiger partial charge in [-0.05, 0) is 18.8 Å². The predicted octanol–water partition coefficient (Wildman–Crippen LogP) is 1.19. The molecule has 2 heterocycles. The summed E-state index contributed by atoms with van der Waals surface area (Å²) >= 11 is 0. The Morgan fingerprint density at radius 2 is 1.67 bits per heavy atom. The van der Waals surface area contributed by atoms with E-state index in [9.17, 15) is 0 Å². The van der Waals surface area contributed by atoms with Crippen molar-refractivity contribution in [2.45, 2.75) is 12.8 Å². The highest BCUT2D eigenvalue weighted by molar-refractivity contribution is 4.98. The molecule has 0 aromatic rings. The van der Waals surface area contributed by atoms with Gasteiger partial charge in [0.1, 0.15) is 0 Å². The molecule has 1 N–H and O–H groups in total. The molecule has 0 atom stereocenters. The lowest BCUT2D eigenvalue weighted by Crippen LogP contribution is -2.40. The van der Waals surface area contributed by atoms with Crippen molar-refractivity contribution in [1.82, 2.24) is 5.32 Å². The third-order valence-electron chi connectivity index (χ3n) is 2.73. The molecule has 0 saturated carbocycles. The van der Waals surface area contributed by atoms with Gasteiger partial charge in [0.25, 0.3) is 0 Å². The molecule has 0 aliphatic carbocycles. The van der Waals surface area contributed by atoms with Crippen LogP contribution >= 0.6 is 0 Å². The normalized spacial score (nSPS) is 27.7. The van der Waals surface area contributed by atoms with E-state index in [2.05, 4.69) is 17.5 Å². The molecule has 2 saturated heterocycles. The molecule has 0 bridgehead atoms. The van der Waals surface area contributed by atoms with E-state index >= 15 is 0 Å². The zero-order valence-corrected chi connectivity index (χ0v) is 7.46. The highest BCUT2D eigenvalue weighted by Gasteiger charge is 2.15. The van der Waals surface area contributed by atoms with E-state index in [1.54, 1.807) is 0 Å². The maximum atomic E-state index is 5.30. The van der Waals surface area contributed by atoms with Crippen LogP contribution in [0.1, 0.15) is 12.8 Å². The lowest BCUT2D eigenvalue weighted by atomic mass is 9.95. The molecule has 0 amide bonds. The number of hydrogen-bond acceptors (Lipinski definition) is 2. The number of rotatable bonds is 2. The smallest absolute Gasteiger partial charge is 0.0471 e. The van der Waals surface area contributed by atoms with Crippen LogP contribution in [0.5, 0.6) is 0 Å². The van der Waals surface area contributed by atoms with E-state index < -0.39 is 0 Å². The van der Waals surface area contributed by atoms with Crippen molar-refractivity contribution < 1.29 is 4.74 Å². The fraction of sp³-hybridized carbons (Fsp3) is 0.800. The molecule has 2 aliphatic rings. The topological polar surface area (TPSA) is 21.3 Å². The Hall–Kier alpha value is -0.340. The molecule has 2 heteroatoms. The number of ether oxygens (including phenoxy) is 1. The lowest BCUT2D eigenvalue weighted by molar-refractivity contribution is 0.0783. The van der Waals surface area contributed by atoms with Crippen molar-refractivity contribution in [3.63, 3.8) is 0 Å². The largest absolute Gasteiger partial charge is 0.381 e. The van der Waals surface area contributed by atoms with E-state index in [4.69, 9.17) is 4.74 Å². The number of nitrogens with one attached hydrogen (secondary N) is 1. The molecule has 2 nitrogen and oxygen atoms in total. The fourth-order valence-electron chi connectivity index (χ4n) is 1.67. The third-order valence-corrected chi connectivity index (χ3v) is 2.73. The summed E-state index contributed by atoms with van der Waals surface area (Å²) in [5.74, 6) is 1.60. The molecule has 2 aliphatic heterocycles. The maximum Gasteiger partial charge on any atom is 0.0471 e. The highest BCUT2D eigenvalue weighted by atomic mass is 16.5. The summed E-state index contributed by atoms with van der Waals surface area (Å²) in [6.45, 7) is 4.27. The van der Waals surface area contributed by atoms with E-state index in [-0.39, 0.29) is 0 Å².